The van der Waals surface area contributed by atoms with Crippen molar-refractivity contribution >= 4 is 22.8 Å². The van der Waals surface area contributed by atoms with Gasteiger partial charge in [-0.2, -0.15) is 5.10 Å². The van der Waals surface area contributed by atoms with Gasteiger partial charge in [-0.3, -0.25) is 4.79 Å². The first-order valence-electron chi connectivity index (χ1n) is 12.1. The molecule has 3 aromatic heterocycles. The fourth-order valence-corrected chi connectivity index (χ4v) is 4.63. The number of fused-ring (bicyclic) bond motifs is 1. The lowest BCUT2D eigenvalue weighted by atomic mass is 10.1. The number of aryl methyl sites for hydroxylation is 1. The minimum atomic E-state index is -0.295. The zero-order valence-electron chi connectivity index (χ0n) is 20.2. The number of hydrogen-bond donors (Lipinski definition) is 0. The Bertz CT molecular complexity index is 1320. The Labute approximate surface area is 203 Å². The summed E-state index contributed by atoms with van der Waals surface area (Å²) in [5.41, 5.74) is 2.27. The van der Waals surface area contributed by atoms with Gasteiger partial charge in [-0.1, -0.05) is 20.3 Å². The monoisotopic (exact) mass is 476 g/mol. The van der Waals surface area contributed by atoms with E-state index in [1.165, 1.54) is 18.4 Å². The molecule has 0 N–H and O–H groups in total. The molecular weight excluding hydrogens is 447 g/mol. The number of halogens is 1. The van der Waals surface area contributed by atoms with E-state index in [0.29, 0.717) is 37.6 Å². The molecule has 1 aliphatic rings. The molecule has 1 amide bonds. The largest absolute Gasteiger partial charge is 0.459 e. The molecule has 182 valence electrons. The zero-order valence-corrected chi connectivity index (χ0v) is 20.2. The van der Waals surface area contributed by atoms with E-state index in [-0.39, 0.29) is 17.6 Å². The highest BCUT2D eigenvalue weighted by molar-refractivity contribution is 5.93. The van der Waals surface area contributed by atoms with Crippen molar-refractivity contribution in [3.05, 3.63) is 65.8 Å². The molecule has 1 fully saturated rings. The number of aromatic nitrogens is 4. The van der Waals surface area contributed by atoms with Gasteiger partial charge in [0.15, 0.2) is 11.4 Å². The first-order chi connectivity index (χ1) is 17.0. The molecule has 0 radical (unpaired) electrons. The van der Waals surface area contributed by atoms with Crippen LogP contribution in [-0.4, -0.2) is 56.7 Å². The van der Waals surface area contributed by atoms with Gasteiger partial charge in [0.2, 0.25) is 0 Å². The fraction of sp³-hybridized carbons (Fsp3) is 0.385. The van der Waals surface area contributed by atoms with E-state index in [2.05, 4.69) is 18.7 Å². The Morgan fingerprint density at radius 3 is 2.51 bits per heavy atom. The van der Waals surface area contributed by atoms with Crippen LogP contribution in [0.3, 0.4) is 0 Å². The van der Waals surface area contributed by atoms with Crippen molar-refractivity contribution < 1.29 is 13.6 Å². The number of piperazine rings is 1. The molecule has 0 saturated carbocycles. The van der Waals surface area contributed by atoms with Crippen LogP contribution < -0.4 is 4.90 Å². The van der Waals surface area contributed by atoms with E-state index in [1.807, 2.05) is 11.8 Å². The normalized spacial score (nSPS) is 15.1. The van der Waals surface area contributed by atoms with Gasteiger partial charge >= 0.3 is 0 Å². The number of hydrogen-bond acceptors (Lipinski definition) is 6. The van der Waals surface area contributed by atoms with Crippen LogP contribution in [0.1, 0.15) is 54.7 Å². The molecule has 1 saturated heterocycles. The molecule has 0 aliphatic carbocycles. The van der Waals surface area contributed by atoms with Crippen LogP contribution in [0.2, 0.25) is 0 Å². The quantitative estimate of drug-likeness (QED) is 0.401. The SMILES string of the molecule is CCC[C@@H](C)c1nc(N2CCN(C(=O)c3ccco3)CC2)c2c(C)nn(-c3ccc(F)cc3)c2n1. The van der Waals surface area contributed by atoms with Gasteiger partial charge in [-0.15, -0.1) is 0 Å². The minimum absolute atomic E-state index is 0.0972. The second-order valence-corrected chi connectivity index (χ2v) is 9.02. The van der Waals surface area contributed by atoms with E-state index in [9.17, 15) is 9.18 Å². The summed E-state index contributed by atoms with van der Waals surface area (Å²) in [6.45, 7) is 8.65. The van der Waals surface area contributed by atoms with Crippen molar-refractivity contribution in [1.82, 2.24) is 24.6 Å². The summed E-state index contributed by atoms with van der Waals surface area (Å²) in [5.74, 6) is 1.75. The molecule has 4 aromatic rings. The van der Waals surface area contributed by atoms with Crippen molar-refractivity contribution in [2.24, 2.45) is 0 Å². The maximum atomic E-state index is 13.6. The Morgan fingerprint density at radius 1 is 1.11 bits per heavy atom. The van der Waals surface area contributed by atoms with Crippen molar-refractivity contribution in [2.45, 2.75) is 39.5 Å². The summed E-state index contributed by atoms with van der Waals surface area (Å²) in [4.78, 5) is 26.7. The number of carbonyl (C=O) groups excluding carboxylic acids is 1. The lowest BCUT2D eigenvalue weighted by Gasteiger charge is -2.35. The van der Waals surface area contributed by atoms with Crippen LogP contribution in [0.15, 0.2) is 47.1 Å². The highest BCUT2D eigenvalue weighted by Crippen LogP contribution is 2.32. The van der Waals surface area contributed by atoms with Gasteiger partial charge in [-0.25, -0.2) is 19.0 Å². The molecule has 8 nitrogen and oxygen atoms in total. The molecule has 1 aliphatic heterocycles. The van der Waals surface area contributed by atoms with Crippen LogP contribution in [0.5, 0.6) is 0 Å². The molecule has 0 bridgehead atoms. The van der Waals surface area contributed by atoms with Gasteiger partial charge in [0.1, 0.15) is 17.5 Å². The van der Waals surface area contributed by atoms with Crippen LogP contribution >= 0.6 is 0 Å². The summed E-state index contributed by atoms with van der Waals surface area (Å²) in [7, 11) is 0. The Balaban J connectivity index is 1.53. The van der Waals surface area contributed by atoms with E-state index in [0.717, 1.165) is 41.3 Å². The smallest absolute Gasteiger partial charge is 0.289 e. The van der Waals surface area contributed by atoms with Crippen LogP contribution in [0.25, 0.3) is 16.7 Å². The summed E-state index contributed by atoms with van der Waals surface area (Å²) in [6, 6.07) is 9.68. The fourth-order valence-electron chi connectivity index (χ4n) is 4.63. The maximum Gasteiger partial charge on any atom is 0.289 e. The molecule has 4 heterocycles. The van der Waals surface area contributed by atoms with Gasteiger partial charge in [0, 0.05) is 32.1 Å². The number of anilines is 1. The summed E-state index contributed by atoms with van der Waals surface area (Å²) in [5, 5.41) is 5.64. The summed E-state index contributed by atoms with van der Waals surface area (Å²) in [6.07, 6.45) is 3.52. The van der Waals surface area contributed by atoms with E-state index < -0.39 is 0 Å². The minimum Gasteiger partial charge on any atom is -0.459 e. The van der Waals surface area contributed by atoms with Crippen molar-refractivity contribution in [2.75, 3.05) is 31.1 Å². The topological polar surface area (TPSA) is 80.3 Å². The van der Waals surface area contributed by atoms with E-state index in [1.54, 1.807) is 28.9 Å². The molecular formula is C26H29FN6O2. The maximum absolute atomic E-state index is 13.6. The highest BCUT2D eigenvalue weighted by Gasteiger charge is 2.28. The van der Waals surface area contributed by atoms with Gasteiger partial charge in [0.25, 0.3) is 5.91 Å². The zero-order chi connectivity index (χ0) is 24.5. The summed E-state index contributed by atoms with van der Waals surface area (Å²) < 4.78 is 20.6. The first-order valence-corrected chi connectivity index (χ1v) is 12.1. The van der Waals surface area contributed by atoms with Gasteiger partial charge in [0.05, 0.1) is 23.0 Å². The van der Waals surface area contributed by atoms with Crippen LogP contribution in [0, 0.1) is 12.7 Å². The molecule has 0 unspecified atom stereocenters. The summed E-state index contributed by atoms with van der Waals surface area (Å²) >= 11 is 0. The number of benzene rings is 1. The number of rotatable bonds is 6. The average Bonchev–Trinajstić information content (AvgIpc) is 3.53. The van der Waals surface area contributed by atoms with Crippen LogP contribution in [-0.2, 0) is 0 Å². The predicted molar refractivity (Wildman–Crippen MR) is 132 cm³/mol. The van der Waals surface area contributed by atoms with Crippen molar-refractivity contribution in [1.29, 1.82) is 0 Å². The van der Waals surface area contributed by atoms with E-state index in [4.69, 9.17) is 19.5 Å². The second kappa shape index (κ2) is 9.48. The standard InChI is InChI=1S/C26H29FN6O2/c1-4-6-17(2)23-28-24(31-12-14-32(15-13-31)26(34)21-7-5-16-35-21)22-18(3)30-33(25(22)29-23)20-10-8-19(27)9-11-20/h5,7-11,16-17H,4,6,12-15H2,1-3H3/t17-/m1/s1. The number of nitrogens with zero attached hydrogens (tertiary/aromatic N) is 6. The lowest BCUT2D eigenvalue weighted by Crippen LogP contribution is -2.49. The molecule has 1 aromatic carbocycles. The van der Waals surface area contributed by atoms with Crippen molar-refractivity contribution in [3.63, 3.8) is 0 Å². The Kier molecular flexibility index (Phi) is 6.23. The van der Waals surface area contributed by atoms with Gasteiger partial charge < -0.3 is 14.2 Å². The highest BCUT2D eigenvalue weighted by atomic mass is 19.1. The molecule has 35 heavy (non-hydrogen) atoms. The third kappa shape index (κ3) is 4.38. The van der Waals surface area contributed by atoms with Crippen molar-refractivity contribution in [3.8, 4) is 5.69 Å². The third-order valence-corrected chi connectivity index (χ3v) is 6.53. The second-order valence-electron chi connectivity index (χ2n) is 9.02. The molecule has 5 rings (SSSR count). The van der Waals surface area contributed by atoms with Gasteiger partial charge in [-0.05, 0) is 49.7 Å². The van der Waals surface area contributed by atoms with Crippen LogP contribution in [0.4, 0.5) is 10.2 Å². The first kappa shape index (κ1) is 23.0. The van der Waals surface area contributed by atoms with E-state index >= 15 is 0 Å². The average molecular weight is 477 g/mol. The Morgan fingerprint density at radius 2 is 1.86 bits per heavy atom. The number of amides is 1. The molecule has 9 heteroatoms. The predicted octanol–water partition coefficient (Wildman–Crippen LogP) is 4.72. The molecule has 0 spiro atoms. The molecule has 1 atom stereocenters. The Hall–Kier alpha value is -3.75. The third-order valence-electron chi connectivity index (χ3n) is 6.53. The lowest BCUT2D eigenvalue weighted by molar-refractivity contribution is 0.0714. The number of carbonyl (C=O) groups is 1. The number of furan rings is 1.